The van der Waals surface area contributed by atoms with Gasteiger partial charge >= 0.3 is 0 Å². The third kappa shape index (κ3) is 2.33. The summed E-state index contributed by atoms with van der Waals surface area (Å²) < 4.78 is 0. The summed E-state index contributed by atoms with van der Waals surface area (Å²) in [7, 11) is 1.81. The summed E-state index contributed by atoms with van der Waals surface area (Å²) in [5.74, 6) is 0.0745. The maximum absolute atomic E-state index is 12.3. The SMILES string of the molecule is C=CCN(C)C(=O)c1cccc2c1CCCN2. The Bertz CT molecular complexity index is 440. The van der Waals surface area contributed by atoms with Gasteiger partial charge < -0.3 is 10.2 Å². The summed E-state index contributed by atoms with van der Waals surface area (Å²) in [5.41, 5.74) is 3.08. The van der Waals surface area contributed by atoms with Crippen LogP contribution in [-0.2, 0) is 6.42 Å². The van der Waals surface area contributed by atoms with Gasteiger partial charge in [0.1, 0.15) is 0 Å². The average Bonchev–Trinajstić information content (AvgIpc) is 2.37. The second-order valence-corrected chi connectivity index (χ2v) is 4.34. The molecule has 0 saturated carbocycles. The molecule has 2 rings (SSSR count). The number of fused-ring (bicyclic) bond motifs is 1. The van der Waals surface area contributed by atoms with Crippen LogP contribution >= 0.6 is 0 Å². The molecule has 0 aliphatic carbocycles. The summed E-state index contributed by atoms with van der Waals surface area (Å²) >= 11 is 0. The van der Waals surface area contributed by atoms with Crippen LogP contribution < -0.4 is 5.32 Å². The van der Waals surface area contributed by atoms with Gasteiger partial charge in [0, 0.05) is 31.4 Å². The van der Waals surface area contributed by atoms with E-state index in [1.807, 2.05) is 18.2 Å². The van der Waals surface area contributed by atoms with E-state index in [1.165, 1.54) is 0 Å². The van der Waals surface area contributed by atoms with E-state index in [4.69, 9.17) is 0 Å². The Kier molecular flexibility index (Phi) is 3.47. The van der Waals surface area contributed by atoms with Crippen LogP contribution in [0.2, 0.25) is 0 Å². The van der Waals surface area contributed by atoms with Gasteiger partial charge in [-0.15, -0.1) is 6.58 Å². The van der Waals surface area contributed by atoms with Crippen LogP contribution in [0.3, 0.4) is 0 Å². The second-order valence-electron chi connectivity index (χ2n) is 4.34. The third-order valence-corrected chi connectivity index (χ3v) is 3.08. The van der Waals surface area contributed by atoms with Crippen LogP contribution in [0.15, 0.2) is 30.9 Å². The first-order chi connectivity index (χ1) is 8.24. The zero-order chi connectivity index (χ0) is 12.3. The van der Waals surface area contributed by atoms with Crippen molar-refractivity contribution in [1.82, 2.24) is 4.90 Å². The molecule has 0 aromatic heterocycles. The molecule has 1 aliphatic rings. The smallest absolute Gasteiger partial charge is 0.254 e. The van der Waals surface area contributed by atoms with Gasteiger partial charge in [-0.25, -0.2) is 0 Å². The van der Waals surface area contributed by atoms with Crippen molar-refractivity contribution in [2.45, 2.75) is 12.8 Å². The summed E-state index contributed by atoms with van der Waals surface area (Å²) in [4.78, 5) is 13.9. The number of amides is 1. The highest BCUT2D eigenvalue weighted by molar-refractivity contribution is 5.97. The van der Waals surface area contributed by atoms with Crippen LogP contribution in [0.25, 0.3) is 0 Å². The summed E-state index contributed by atoms with van der Waals surface area (Å²) in [6.45, 7) is 5.23. The zero-order valence-electron chi connectivity index (χ0n) is 10.2. The standard InChI is InChI=1S/C14H18N2O/c1-3-10-16(2)14(17)12-6-4-8-13-11(12)7-5-9-15-13/h3-4,6,8,15H,1,5,7,9-10H2,2H3. The van der Waals surface area contributed by atoms with E-state index in [-0.39, 0.29) is 5.91 Å². The van der Waals surface area contributed by atoms with Crippen molar-refractivity contribution in [1.29, 1.82) is 0 Å². The minimum Gasteiger partial charge on any atom is -0.385 e. The van der Waals surface area contributed by atoms with E-state index < -0.39 is 0 Å². The van der Waals surface area contributed by atoms with Crippen molar-refractivity contribution in [3.63, 3.8) is 0 Å². The molecule has 0 bridgehead atoms. The fourth-order valence-electron chi connectivity index (χ4n) is 2.19. The Morgan fingerprint density at radius 3 is 3.18 bits per heavy atom. The number of nitrogens with zero attached hydrogens (tertiary/aromatic N) is 1. The number of hydrogen-bond acceptors (Lipinski definition) is 2. The molecule has 0 radical (unpaired) electrons. The summed E-state index contributed by atoms with van der Waals surface area (Å²) in [6, 6.07) is 5.89. The molecule has 17 heavy (non-hydrogen) atoms. The van der Waals surface area contributed by atoms with Gasteiger partial charge in [0.05, 0.1) is 0 Å². The van der Waals surface area contributed by atoms with Crippen LogP contribution in [0, 0.1) is 0 Å². The first-order valence-corrected chi connectivity index (χ1v) is 5.96. The first-order valence-electron chi connectivity index (χ1n) is 5.96. The predicted octanol–water partition coefficient (Wildman–Crippen LogP) is 2.30. The highest BCUT2D eigenvalue weighted by Crippen LogP contribution is 2.25. The van der Waals surface area contributed by atoms with Gasteiger partial charge in [0.25, 0.3) is 5.91 Å². The van der Waals surface area contributed by atoms with Crippen LogP contribution in [0.5, 0.6) is 0 Å². The van der Waals surface area contributed by atoms with Gasteiger partial charge in [-0.2, -0.15) is 0 Å². The zero-order valence-corrected chi connectivity index (χ0v) is 10.2. The molecule has 1 N–H and O–H groups in total. The molecule has 3 nitrogen and oxygen atoms in total. The molecule has 1 aliphatic heterocycles. The van der Waals surface area contributed by atoms with Gasteiger partial charge in [0.15, 0.2) is 0 Å². The summed E-state index contributed by atoms with van der Waals surface area (Å²) in [5, 5.41) is 3.34. The molecular formula is C14H18N2O. The monoisotopic (exact) mass is 230 g/mol. The maximum Gasteiger partial charge on any atom is 0.254 e. The fraction of sp³-hybridized carbons (Fsp3) is 0.357. The normalized spacial score (nSPS) is 13.5. The van der Waals surface area contributed by atoms with Gasteiger partial charge in [-0.1, -0.05) is 12.1 Å². The summed E-state index contributed by atoms with van der Waals surface area (Å²) in [6.07, 6.45) is 3.81. The molecule has 1 heterocycles. The highest BCUT2D eigenvalue weighted by Gasteiger charge is 2.19. The van der Waals surface area contributed by atoms with Gasteiger partial charge in [0.2, 0.25) is 0 Å². The molecule has 90 valence electrons. The van der Waals surface area contributed by atoms with Crippen molar-refractivity contribution in [2.24, 2.45) is 0 Å². The van der Waals surface area contributed by atoms with Crippen LogP contribution in [0.4, 0.5) is 5.69 Å². The van der Waals surface area contributed by atoms with Gasteiger partial charge in [-0.05, 0) is 30.5 Å². The lowest BCUT2D eigenvalue weighted by Crippen LogP contribution is -2.28. The fourth-order valence-corrected chi connectivity index (χ4v) is 2.19. The van der Waals surface area contributed by atoms with Crippen molar-refractivity contribution in [3.05, 3.63) is 42.0 Å². The van der Waals surface area contributed by atoms with Crippen molar-refractivity contribution >= 4 is 11.6 Å². The number of rotatable bonds is 3. The molecule has 0 fully saturated rings. The van der Waals surface area contributed by atoms with E-state index in [0.717, 1.165) is 36.2 Å². The largest absolute Gasteiger partial charge is 0.385 e. The number of anilines is 1. The number of carbonyl (C=O) groups is 1. The Balaban J connectivity index is 2.32. The minimum atomic E-state index is 0.0745. The van der Waals surface area contributed by atoms with E-state index in [1.54, 1.807) is 18.0 Å². The molecule has 1 aromatic carbocycles. The van der Waals surface area contributed by atoms with E-state index >= 15 is 0 Å². The van der Waals surface area contributed by atoms with E-state index in [0.29, 0.717) is 6.54 Å². The minimum absolute atomic E-state index is 0.0745. The molecule has 1 aromatic rings. The van der Waals surface area contributed by atoms with Crippen molar-refractivity contribution in [2.75, 3.05) is 25.5 Å². The Morgan fingerprint density at radius 2 is 2.41 bits per heavy atom. The highest BCUT2D eigenvalue weighted by atomic mass is 16.2. The molecule has 0 atom stereocenters. The Hall–Kier alpha value is -1.77. The third-order valence-electron chi connectivity index (χ3n) is 3.08. The van der Waals surface area contributed by atoms with E-state index in [9.17, 15) is 4.79 Å². The lowest BCUT2D eigenvalue weighted by Gasteiger charge is -2.23. The van der Waals surface area contributed by atoms with Gasteiger partial charge in [-0.3, -0.25) is 4.79 Å². The van der Waals surface area contributed by atoms with Crippen LogP contribution in [-0.4, -0.2) is 30.9 Å². The Labute approximate surface area is 102 Å². The maximum atomic E-state index is 12.3. The number of nitrogens with one attached hydrogen (secondary N) is 1. The molecule has 0 unspecified atom stereocenters. The van der Waals surface area contributed by atoms with Crippen LogP contribution in [0.1, 0.15) is 22.3 Å². The van der Waals surface area contributed by atoms with E-state index in [2.05, 4.69) is 11.9 Å². The van der Waals surface area contributed by atoms with Crippen molar-refractivity contribution < 1.29 is 4.79 Å². The predicted molar refractivity (Wildman–Crippen MR) is 70.4 cm³/mol. The lowest BCUT2D eigenvalue weighted by atomic mass is 9.97. The average molecular weight is 230 g/mol. The quantitative estimate of drug-likeness (QED) is 0.808. The Morgan fingerprint density at radius 1 is 1.59 bits per heavy atom. The number of carbonyl (C=O) groups excluding carboxylic acids is 1. The molecule has 1 amide bonds. The second kappa shape index (κ2) is 5.04. The first kappa shape index (κ1) is 11.7. The molecule has 3 heteroatoms. The lowest BCUT2D eigenvalue weighted by molar-refractivity contribution is 0.0809. The topological polar surface area (TPSA) is 32.3 Å². The molecular weight excluding hydrogens is 212 g/mol. The molecule has 0 spiro atoms. The number of benzene rings is 1. The van der Waals surface area contributed by atoms with Crippen molar-refractivity contribution in [3.8, 4) is 0 Å². The molecule has 0 saturated heterocycles. The number of hydrogen-bond donors (Lipinski definition) is 1. The number of likely N-dealkylation sites (N-methyl/N-ethyl adjacent to an activating group) is 1.